The fourth-order valence-corrected chi connectivity index (χ4v) is 7.59. The Morgan fingerprint density at radius 2 is 0.857 bits per heavy atom. The molecule has 0 unspecified atom stereocenters. The smallest absolute Gasteiger partial charge is 0.232 e. The van der Waals surface area contributed by atoms with Crippen LogP contribution in [0.4, 0.5) is 26.3 Å². The lowest BCUT2D eigenvalue weighted by atomic mass is 9.98. The van der Waals surface area contributed by atoms with Crippen molar-refractivity contribution in [3.63, 3.8) is 0 Å². The average Bonchev–Trinajstić information content (AvgIpc) is 3.85. The zero-order valence-corrected chi connectivity index (χ0v) is 33.7. The van der Waals surface area contributed by atoms with Crippen molar-refractivity contribution in [3.8, 4) is 62.2 Å². The zero-order valence-electron chi connectivity index (χ0n) is 32.0. The van der Waals surface area contributed by atoms with Gasteiger partial charge in [0.15, 0.2) is 11.4 Å². The fourth-order valence-electron chi connectivity index (χ4n) is 6.56. The summed E-state index contributed by atoms with van der Waals surface area (Å²) < 4.78 is 131. The van der Waals surface area contributed by atoms with Crippen LogP contribution in [-0.4, -0.2) is 36.4 Å². The number of rotatable bonds is 8. The highest BCUT2D eigenvalue weighted by Crippen LogP contribution is 2.44. The van der Waals surface area contributed by atoms with Crippen molar-refractivity contribution in [1.82, 2.24) is 19.6 Å². The van der Waals surface area contributed by atoms with Gasteiger partial charge in [0.05, 0.1) is 32.6 Å². The first-order valence-electron chi connectivity index (χ1n) is 18.2. The Hall–Kier alpha value is -7.37. The number of aromatic nitrogens is 4. The largest absolute Gasteiger partial charge is 0.435 e. The molecule has 0 aliphatic carbocycles. The maximum atomic E-state index is 14.0. The quantitative estimate of drug-likeness (QED) is 0.143. The van der Waals surface area contributed by atoms with Crippen LogP contribution in [0.15, 0.2) is 161 Å². The lowest BCUT2D eigenvalue weighted by Crippen LogP contribution is -2.11. The minimum atomic E-state index is -4.88. The molecule has 8 aromatic rings. The van der Waals surface area contributed by atoms with E-state index >= 15 is 0 Å². The molecule has 0 atom stereocenters. The van der Waals surface area contributed by atoms with Gasteiger partial charge < -0.3 is 0 Å². The van der Waals surface area contributed by atoms with Gasteiger partial charge in [0.25, 0.3) is 0 Å². The van der Waals surface area contributed by atoms with Crippen LogP contribution in [0.2, 0.25) is 0 Å². The number of hydrogen-bond donors (Lipinski definition) is 2. The molecule has 11 nitrogen and oxygen atoms in total. The van der Waals surface area contributed by atoms with E-state index in [0.717, 1.165) is 41.1 Å². The molecule has 0 aliphatic rings. The molecule has 0 amide bonds. The van der Waals surface area contributed by atoms with Gasteiger partial charge >= 0.3 is 6.18 Å². The van der Waals surface area contributed by atoms with Gasteiger partial charge in [-0.2, -0.15) is 28.6 Å². The van der Waals surface area contributed by atoms with Crippen molar-refractivity contribution in [1.29, 1.82) is 5.26 Å². The molecule has 0 saturated heterocycles. The van der Waals surface area contributed by atoms with Gasteiger partial charge in [-0.3, -0.25) is 0 Å². The number of hydrogen-bond acceptors (Lipinski definition) is 7. The second-order valence-electron chi connectivity index (χ2n) is 13.5. The molecule has 318 valence electrons. The summed E-state index contributed by atoms with van der Waals surface area (Å²) in [6.07, 6.45) is -4.88. The SMILES string of the molecule is N#Cc1nn(-c2ccccc2)c(-c2ccc(S(N)(=O)=O)cc2)c1-c1ccc(F)cc1.NS(=O)(=O)c1ccc(-c2c(-c3ccc(F)cc3)c(C(F)(F)F)nn2-c2ccc(F)cc2)cc1. The topological polar surface area (TPSA) is 180 Å². The predicted octanol–water partition coefficient (Wildman–Crippen LogP) is 9.02. The third-order valence-corrected chi connectivity index (χ3v) is 11.3. The summed E-state index contributed by atoms with van der Waals surface area (Å²) in [5.41, 5.74) is 1.89. The number of halogens is 6. The highest BCUT2D eigenvalue weighted by Gasteiger charge is 2.40. The number of nitrogens with two attached hydrogens (primary N) is 2. The molecule has 0 aliphatic heterocycles. The highest BCUT2D eigenvalue weighted by atomic mass is 32.2. The van der Waals surface area contributed by atoms with Crippen LogP contribution in [0, 0.1) is 28.8 Å². The Morgan fingerprint density at radius 3 is 1.27 bits per heavy atom. The normalized spacial score (nSPS) is 11.7. The summed E-state index contributed by atoms with van der Waals surface area (Å²) in [6, 6.07) is 37.0. The summed E-state index contributed by atoms with van der Waals surface area (Å²) in [5, 5.41) is 28.3. The molecule has 8 rings (SSSR count). The van der Waals surface area contributed by atoms with Crippen LogP contribution in [-0.2, 0) is 26.2 Å². The summed E-state index contributed by atoms with van der Waals surface area (Å²) in [5.74, 6) is -1.64. The highest BCUT2D eigenvalue weighted by molar-refractivity contribution is 7.89. The molecule has 6 aromatic carbocycles. The Labute approximate surface area is 355 Å². The van der Waals surface area contributed by atoms with Crippen LogP contribution in [0.3, 0.4) is 0 Å². The number of primary sulfonamides is 2. The van der Waals surface area contributed by atoms with Crippen molar-refractivity contribution in [2.45, 2.75) is 16.0 Å². The number of sulfonamides is 2. The molecule has 19 heteroatoms. The van der Waals surface area contributed by atoms with E-state index in [9.17, 15) is 48.4 Å². The van der Waals surface area contributed by atoms with E-state index in [1.807, 2.05) is 30.3 Å². The van der Waals surface area contributed by atoms with Crippen molar-refractivity contribution in [2.75, 3.05) is 0 Å². The average molecular weight is 898 g/mol. The molecule has 0 fully saturated rings. The maximum Gasteiger partial charge on any atom is 0.435 e. The molecule has 2 aromatic heterocycles. The van der Waals surface area contributed by atoms with Gasteiger partial charge in [-0.15, -0.1) is 0 Å². The zero-order chi connectivity index (χ0) is 45.3. The molecule has 0 radical (unpaired) electrons. The summed E-state index contributed by atoms with van der Waals surface area (Å²) in [4.78, 5) is -0.265. The van der Waals surface area contributed by atoms with E-state index in [4.69, 9.17) is 10.3 Å². The number of nitrogens with zero attached hydrogens (tertiary/aromatic N) is 5. The fraction of sp³-hybridized carbons (Fsp3) is 0.0227. The first kappa shape index (κ1) is 43.7. The van der Waals surface area contributed by atoms with Crippen molar-refractivity contribution >= 4 is 20.0 Å². The number of benzene rings is 6. The van der Waals surface area contributed by atoms with Gasteiger partial charge in [0.1, 0.15) is 23.5 Å². The second-order valence-corrected chi connectivity index (χ2v) is 16.7. The molecule has 63 heavy (non-hydrogen) atoms. The molecular formula is C44H29F6N7O4S2. The summed E-state index contributed by atoms with van der Waals surface area (Å²) in [7, 11) is -7.89. The Morgan fingerprint density at radius 1 is 0.492 bits per heavy atom. The van der Waals surface area contributed by atoms with Crippen LogP contribution in [0.5, 0.6) is 0 Å². The van der Waals surface area contributed by atoms with Crippen LogP contribution >= 0.6 is 0 Å². The Bertz CT molecular complexity index is 3210. The Balaban J connectivity index is 0.000000190. The molecule has 0 spiro atoms. The van der Waals surface area contributed by atoms with Gasteiger partial charge in [0.2, 0.25) is 20.0 Å². The third kappa shape index (κ3) is 9.44. The van der Waals surface area contributed by atoms with Crippen LogP contribution in [0.1, 0.15) is 11.4 Å². The van der Waals surface area contributed by atoms with Crippen molar-refractivity contribution in [3.05, 3.63) is 180 Å². The standard InChI is InChI=1S/C22H14F5N3O2S.C22H15FN4O2S/c23-15-5-1-13(2-6-15)19-20(14-3-11-18(12-4-14)33(28,31)32)30(29-21(19)22(25,26)27)17-9-7-16(24)8-10-17;23-17-10-6-15(7-11-17)21-20(14-24)26-27(18-4-2-1-3-5-18)22(21)16-8-12-19(13-9-16)30(25,28)29/h1-12H,(H2,28,31,32);1-13H,(H2,25,28,29). The third-order valence-electron chi connectivity index (χ3n) is 9.40. The van der Waals surface area contributed by atoms with Gasteiger partial charge in [-0.25, -0.2) is 49.6 Å². The number of para-hydroxylation sites is 1. The predicted molar refractivity (Wildman–Crippen MR) is 221 cm³/mol. The molecule has 4 N–H and O–H groups in total. The van der Waals surface area contributed by atoms with E-state index in [1.165, 1.54) is 60.7 Å². The van der Waals surface area contributed by atoms with Crippen molar-refractivity contribution in [2.24, 2.45) is 10.3 Å². The van der Waals surface area contributed by atoms with Crippen LogP contribution in [0.25, 0.3) is 56.1 Å². The number of alkyl halides is 3. The van der Waals surface area contributed by atoms with E-state index < -0.39 is 49.4 Å². The van der Waals surface area contributed by atoms with Gasteiger partial charge in [0, 0.05) is 22.3 Å². The maximum absolute atomic E-state index is 14.0. The monoisotopic (exact) mass is 897 g/mol. The van der Waals surface area contributed by atoms with Gasteiger partial charge in [-0.05, 0) is 96.1 Å². The molecule has 0 saturated carbocycles. The second kappa shape index (κ2) is 17.2. The minimum Gasteiger partial charge on any atom is -0.232 e. The number of nitriles is 1. The molecule has 0 bridgehead atoms. The minimum absolute atomic E-state index is 0.0270. The molecule has 2 heterocycles. The lowest BCUT2D eigenvalue weighted by Gasteiger charge is -2.12. The van der Waals surface area contributed by atoms with Crippen LogP contribution < -0.4 is 10.3 Å². The van der Waals surface area contributed by atoms with E-state index in [0.29, 0.717) is 28.1 Å². The first-order valence-corrected chi connectivity index (χ1v) is 21.3. The van der Waals surface area contributed by atoms with E-state index in [-0.39, 0.29) is 43.6 Å². The lowest BCUT2D eigenvalue weighted by molar-refractivity contribution is -0.140. The summed E-state index contributed by atoms with van der Waals surface area (Å²) >= 11 is 0. The van der Waals surface area contributed by atoms with Crippen molar-refractivity contribution < 1.29 is 43.2 Å². The molecular weight excluding hydrogens is 869 g/mol. The van der Waals surface area contributed by atoms with E-state index in [1.54, 1.807) is 28.9 Å². The van der Waals surface area contributed by atoms with E-state index in [2.05, 4.69) is 16.3 Å². The van der Waals surface area contributed by atoms with Gasteiger partial charge in [-0.1, -0.05) is 66.7 Å². The summed E-state index contributed by atoms with van der Waals surface area (Å²) in [6.45, 7) is 0. The Kier molecular flexibility index (Phi) is 11.9. The first-order chi connectivity index (χ1) is 29.8.